The van der Waals surface area contributed by atoms with Crippen LogP contribution in [0.25, 0.3) is 0 Å². The standard InChI is InChI=1S/C24H22ClNO5/c1-29-21-13-3-16(15-22(21)30-2)4-14-23(27)31-20-11-5-17(6-12-20)24(28)26-19-9-7-18(25)8-10-19/h3,5-13,15H,4,14H2,1-2H3,(H,26,28). The van der Waals surface area contributed by atoms with E-state index in [1.165, 1.54) is 0 Å². The Kier molecular flexibility index (Phi) is 7.51. The minimum absolute atomic E-state index is 0.203. The Labute approximate surface area is 185 Å². The Balaban J connectivity index is 1.52. The van der Waals surface area contributed by atoms with E-state index in [2.05, 4.69) is 5.32 Å². The van der Waals surface area contributed by atoms with Crippen LogP contribution in [0.15, 0.2) is 66.7 Å². The molecule has 0 aliphatic carbocycles. The van der Waals surface area contributed by atoms with E-state index < -0.39 is 0 Å². The molecule has 0 aliphatic heterocycles. The number of hydrogen-bond donors (Lipinski definition) is 1. The Morgan fingerprint density at radius 3 is 2.19 bits per heavy atom. The summed E-state index contributed by atoms with van der Waals surface area (Å²) < 4.78 is 15.8. The molecule has 160 valence electrons. The van der Waals surface area contributed by atoms with E-state index in [-0.39, 0.29) is 18.3 Å². The van der Waals surface area contributed by atoms with Crippen molar-refractivity contribution >= 4 is 29.2 Å². The van der Waals surface area contributed by atoms with Gasteiger partial charge in [-0.05, 0) is 72.6 Å². The first kappa shape index (κ1) is 22.2. The first-order chi connectivity index (χ1) is 15.0. The third kappa shape index (κ3) is 6.23. The van der Waals surface area contributed by atoms with Crippen LogP contribution in [0.3, 0.4) is 0 Å². The minimum atomic E-state index is -0.367. The van der Waals surface area contributed by atoms with E-state index in [1.54, 1.807) is 68.8 Å². The van der Waals surface area contributed by atoms with Gasteiger partial charge in [-0.25, -0.2) is 0 Å². The van der Waals surface area contributed by atoms with Crippen molar-refractivity contribution in [1.29, 1.82) is 0 Å². The Morgan fingerprint density at radius 1 is 0.871 bits per heavy atom. The van der Waals surface area contributed by atoms with Gasteiger partial charge >= 0.3 is 5.97 Å². The van der Waals surface area contributed by atoms with Crippen molar-refractivity contribution in [2.45, 2.75) is 12.8 Å². The van der Waals surface area contributed by atoms with Crippen molar-refractivity contribution in [2.75, 3.05) is 19.5 Å². The number of aryl methyl sites for hydroxylation is 1. The molecular formula is C24H22ClNO5. The van der Waals surface area contributed by atoms with E-state index in [0.29, 0.717) is 39.9 Å². The molecule has 0 unspecified atom stereocenters. The lowest BCUT2D eigenvalue weighted by Crippen LogP contribution is -2.12. The van der Waals surface area contributed by atoms with Crippen LogP contribution in [0.5, 0.6) is 17.2 Å². The van der Waals surface area contributed by atoms with Gasteiger partial charge in [0.1, 0.15) is 5.75 Å². The fourth-order valence-electron chi connectivity index (χ4n) is 2.88. The monoisotopic (exact) mass is 439 g/mol. The predicted molar refractivity (Wildman–Crippen MR) is 119 cm³/mol. The van der Waals surface area contributed by atoms with Crippen molar-refractivity contribution in [2.24, 2.45) is 0 Å². The second-order valence-electron chi connectivity index (χ2n) is 6.65. The summed E-state index contributed by atoms with van der Waals surface area (Å²) in [5, 5.41) is 3.37. The lowest BCUT2D eigenvalue weighted by Gasteiger charge is -2.10. The van der Waals surface area contributed by atoms with Gasteiger partial charge in [0.15, 0.2) is 11.5 Å². The van der Waals surface area contributed by atoms with Gasteiger partial charge in [0.2, 0.25) is 0 Å². The van der Waals surface area contributed by atoms with Crippen molar-refractivity contribution in [3.8, 4) is 17.2 Å². The van der Waals surface area contributed by atoms with Crippen molar-refractivity contribution in [1.82, 2.24) is 0 Å². The van der Waals surface area contributed by atoms with Gasteiger partial charge in [-0.1, -0.05) is 17.7 Å². The second-order valence-corrected chi connectivity index (χ2v) is 7.09. The second kappa shape index (κ2) is 10.5. The lowest BCUT2D eigenvalue weighted by atomic mass is 10.1. The number of halogens is 1. The molecule has 0 saturated heterocycles. The third-order valence-electron chi connectivity index (χ3n) is 4.52. The molecule has 1 amide bonds. The van der Waals surface area contributed by atoms with E-state index in [9.17, 15) is 9.59 Å². The number of anilines is 1. The number of hydrogen-bond acceptors (Lipinski definition) is 5. The molecule has 0 heterocycles. The van der Waals surface area contributed by atoms with Gasteiger partial charge in [-0.2, -0.15) is 0 Å². The quantitative estimate of drug-likeness (QED) is 0.388. The summed E-state index contributed by atoms with van der Waals surface area (Å²) >= 11 is 5.84. The van der Waals surface area contributed by atoms with Crippen LogP contribution >= 0.6 is 11.6 Å². The first-order valence-electron chi connectivity index (χ1n) is 9.57. The molecule has 0 radical (unpaired) electrons. The summed E-state index contributed by atoms with van der Waals surface area (Å²) in [6, 6.07) is 18.7. The Hall–Kier alpha value is -3.51. The van der Waals surface area contributed by atoms with E-state index in [1.807, 2.05) is 12.1 Å². The van der Waals surface area contributed by atoms with Crippen molar-refractivity contribution < 1.29 is 23.8 Å². The molecule has 0 bridgehead atoms. The lowest BCUT2D eigenvalue weighted by molar-refractivity contribution is -0.134. The zero-order valence-corrected chi connectivity index (χ0v) is 17.9. The largest absolute Gasteiger partial charge is 0.493 e. The van der Waals surface area contributed by atoms with E-state index in [4.69, 9.17) is 25.8 Å². The smallest absolute Gasteiger partial charge is 0.311 e. The fourth-order valence-corrected chi connectivity index (χ4v) is 3.00. The summed E-state index contributed by atoms with van der Waals surface area (Å²) in [5.74, 6) is 0.983. The number of nitrogens with one attached hydrogen (secondary N) is 1. The molecule has 3 aromatic carbocycles. The maximum Gasteiger partial charge on any atom is 0.311 e. The SMILES string of the molecule is COc1ccc(CCC(=O)Oc2ccc(C(=O)Nc3ccc(Cl)cc3)cc2)cc1OC. The van der Waals surface area contributed by atoms with Gasteiger partial charge in [0.25, 0.3) is 5.91 Å². The summed E-state index contributed by atoms with van der Waals surface area (Å²) in [5.41, 5.74) is 2.02. The van der Waals surface area contributed by atoms with Crippen LogP contribution in [0.4, 0.5) is 5.69 Å². The molecule has 0 aromatic heterocycles. The number of amides is 1. The van der Waals surface area contributed by atoms with Gasteiger partial charge in [-0.15, -0.1) is 0 Å². The van der Waals surface area contributed by atoms with Crippen molar-refractivity contribution in [3.63, 3.8) is 0 Å². The first-order valence-corrected chi connectivity index (χ1v) is 9.95. The molecule has 1 N–H and O–H groups in total. The Morgan fingerprint density at radius 2 is 1.55 bits per heavy atom. The maximum atomic E-state index is 12.3. The zero-order valence-electron chi connectivity index (χ0n) is 17.2. The highest BCUT2D eigenvalue weighted by molar-refractivity contribution is 6.30. The van der Waals surface area contributed by atoms with Gasteiger partial charge in [0, 0.05) is 22.7 Å². The molecule has 0 saturated carbocycles. The van der Waals surface area contributed by atoms with Crippen molar-refractivity contribution in [3.05, 3.63) is 82.9 Å². The molecule has 0 atom stereocenters. The van der Waals surface area contributed by atoms with Crippen LogP contribution in [0.1, 0.15) is 22.3 Å². The van der Waals surface area contributed by atoms with Crippen LogP contribution in [-0.4, -0.2) is 26.1 Å². The van der Waals surface area contributed by atoms with Crippen LogP contribution < -0.4 is 19.5 Å². The highest BCUT2D eigenvalue weighted by Gasteiger charge is 2.10. The summed E-state index contributed by atoms with van der Waals surface area (Å²) in [7, 11) is 3.14. The third-order valence-corrected chi connectivity index (χ3v) is 4.77. The Bertz CT molecular complexity index is 1050. The van der Waals surface area contributed by atoms with Gasteiger partial charge < -0.3 is 19.5 Å². The minimum Gasteiger partial charge on any atom is -0.493 e. The molecule has 0 aliphatic rings. The van der Waals surface area contributed by atoms with Gasteiger partial charge in [0.05, 0.1) is 14.2 Å². The summed E-state index contributed by atoms with van der Waals surface area (Å²) in [4.78, 5) is 24.5. The number of esters is 1. The molecule has 7 heteroatoms. The fraction of sp³-hybridized carbons (Fsp3) is 0.167. The van der Waals surface area contributed by atoms with Gasteiger partial charge in [-0.3, -0.25) is 9.59 Å². The molecule has 6 nitrogen and oxygen atoms in total. The van der Waals surface area contributed by atoms with E-state index >= 15 is 0 Å². The van der Waals surface area contributed by atoms with Crippen LogP contribution in [0.2, 0.25) is 5.02 Å². The average molecular weight is 440 g/mol. The van der Waals surface area contributed by atoms with Crippen LogP contribution in [-0.2, 0) is 11.2 Å². The highest BCUT2D eigenvalue weighted by Crippen LogP contribution is 2.28. The number of benzene rings is 3. The zero-order chi connectivity index (χ0) is 22.2. The number of methoxy groups -OCH3 is 2. The molecule has 3 rings (SSSR count). The summed E-state index contributed by atoms with van der Waals surface area (Å²) in [6.07, 6.45) is 0.703. The highest BCUT2D eigenvalue weighted by atomic mass is 35.5. The topological polar surface area (TPSA) is 73.9 Å². The normalized spacial score (nSPS) is 10.3. The number of carbonyl (C=O) groups is 2. The number of rotatable bonds is 8. The predicted octanol–water partition coefficient (Wildman–Crippen LogP) is 5.15. The molecule has 0 spiro atoms. The van der Waals surface area contributed by atoms with Crippen LogP contribution in [0, 0.1) is 0 Å². The average Bonchev–Trinajstić information content (AvgIpc) is 2.79. The molecular weight excluding hydrogens is 418 g/mol. The van der Waals surface area contributed by atoms with E-state index in [0.717, 1.165) is 5.56 Å². The molecule has 31 heavy (non-hydrogen) atoms. The summed E-state index contributed by atoms with van der Waals surface area (Å²) in [6.45, 7) is 0. The molecule has 3 aromatic rings. The molecule has 0 fully saturated rings. The number of ether oxygens (including phenoxy) is 3. The maximum absolute atomic E-state index is 12.3. The number of carbonyl (C=O) groups excluding carboxylic acids is 2.